The predicted molar refractivity (Wildman–Crippen MR) is 98.6 cm³/mol. The summed E-state index contributed by atoms with van der Waals surface area (Å²) < 4.78 is 1.77. The third-order valence-corrected chi connectivity index (χ3v) is 4.95. The lowest BCUT2D eigenvalue weighted by Crippen LogP contribution is -2.31. The molecule has 2 heterocycles. The molecule has 126 valence electrons. The van der Waals surface area contributed by atoms with Crippen LogP contribution in [0.4, 0.5) is 0 Å². The second-order valence-corrected chi connectivity index (χ2v) is 6.94. The maximum Gasteiger partial charge on any atom is 0.251 e. The highest BCUT2D eigenvalue weighted by Gasteiger charge is 2.34. The first-order valence-corrected chi connectivity index (χ1v) is 9.49. The second-order valence-electron chi connectivity index (χ2n) is 5.57. The third-order valence-electron chi connectivity index (χ3n) is 3.96. The fraction of sp³-hybridized carbons (Fsp3) is 0.375. The van der Waals surface area contributed by atoms with Crippen LogP contribution in [0.25, 0.3) is 0 Å². The van der Waals surface area contributed by atoms with Crippen molar-refractivity contribution in [2.24, 2.45) is 0 Å². The van der Waals surface area contributed by atoms with Gasteiger partial charge in [0.2, 0.25) is 0 Å². The van der Waals surface area contributed by atoms with E-state index >= 15 is 0 Å². The highest BCUT2D eigenvalue weighted by Crippen LogP contribution is 2.18. The van der Waals surface area contributed by atoms with Gasteiger partial charge in [0.1, 0.15) is 18.7 Å². The number of thioether (sulfide) groups is 1. The lowest BCUT2D eigenvalue weighted by Gasteiger charge is -2.17. The van der Waals surface area contributed by atoms with Crippen molar-refractivity contribution < 1.29 is 4.79 Å². The Balaban J connectivity index is 1.74. The van der Waals surface area contributed by atoms with Crippen molar-refractivity contribution >= 4 is 35.0 Å². The van der Waals surface area contributed by atoms with Crippen molar-refractivity contribution in [3.63, 3.8) is 0 Å². The molecule has 1 N–H and O–H groups in total. The van der Waals surface area contributed by atoms with E-state index in [2.05, 4.69) is 15.4 Å². The maximum atomic E-state index is 12.6. The molecule has 0 spiro atoms. The Morgan fingerprint density at radius 2 is 2.04 bits per heavy atom. The van der Waals surface area contributed by atoms with Gasteiger partial charge >= 0.3 is 0 Å². The van der Waals surface area contributed by atoms with Gasteiger partial charge in [-0.1, -0.05) is 24.3 Å². The summed E-state index contributed by atoms with van der Waals surface area (Å²) in [5, 5.41) is 7.80. The molecule has 0 aliphatic carbocycles. The van der Waals surface area contributed by atoms with Crippen LogP contribution in [0, 0.1) is 0 Å². The van der Waals surface area contributed by atoms with Gasteiger partial charge in [-0.2, -0.15) is 16.9 Å². The zero-order valence-electron chi connectivity index (χ0n) is 13.4. The number of amides is 1. The Morgan fingerprint density at radius 3 is 2.71 bits per heavy atom. The quantitative estimate of drug-likeness (QED) is 0.757. The second kappa shape index (κ2) is 7.76. The fourth-order valence-electron chi connectivity index (χ4n) is 2.68. The minimum atomic E-state index is -0.201. The largest absolute Gasteiger partial charge is 0.350 e. The molecule has 1 atom stereocenters. The van der Waals surface area contributed by atoms with E-state index in [1.54, 1.807) is 27.7 Å². The molecule has 0 radical (unpaired) electrons. The summed E-state index contributed by atoms with van der Waals surface area (Å²) in [6, 6.07) is 7.82. The van der Waals surface area contributed by atoms with Crippen LogP contribution in [0.15, 0.2) is 36.9 Å². The third kappa shape index (κ3) is 3.76. The minimum absolute atomic E-state index is 0.0598. The predicted octanol–water partition coefficient (Wildman–Crippen LogP) is 1.66. The summed E-state index contributed by atoms with van der Waals surface area (Å²) in [6.07, 6.45) is 6.03. The molecule has 1 fully saturated rings. The van der Waals surface area contributed by atoms with Gasteiger partial charge < -0.3 is 5.32 Å². The Kier molecular flexibility index (Phi) is 5.47. The van der Waals surface area contributed by atoms with Crippen LogP contribution >= 0.6 is 24.0 Å². The molecule has 0 bridgehead atoms. The number of rotatable bonds is 7. The molecular formula is C16H19N5OS2. The van der Waals surface area contributed by atoms with E-state index in [0.717, 1.165) is 23.3 Å². The van der Waals surface area contributed by atoms with Gasteiger partial charge in [0.05, 0.1) is 13.1 Å². The Morgan fingerprint density at radius 1 is 1.29 bits per heavy atom. The van der Waals surface area contributed by atoms with Crippen LogP contribution < -0.4 is 5.32 Å². The van der Waals surface area contributed by atoms with Crippen molar-refractivity contribution in [3.05, 3.63) is 48.0 Å². The monoisotopic (exact) mass is 361 g/mol. The standard InChI is InChI=1S/C16H19N5OS2/c1-24-7-6-14-15(22)21(16(23)19-14)9-13-5-3-2-4-12(13)8-20-11-17-10-18-20/h2-5,10-11,14H,6-9H2,1H3,(H,19,23)/t14-/m1/s1. The van der Waals surface area contributed by atoms with Crippen molar-refractivity contribution in [2.45, 2.75) is 25.6 Å². The summed E-state index contributed by atoms with van der Waals surface area (Å²) in [4.78, 5) is 18.2. The average Bonchev–Trinajstić information content (AvgIpc) is 3.18. The molecule has 1 aliphatic rings. The van der Waals surface area contributed by atoms with Gasteiger partial charge in [-0.3, -0.25) is 9.69 Å². The van der Waals surface area contributed by atoms with Crippen molar-refractivity contribution in [1.29, 1.82) is 0 Å². The van der Waals surface area contributed by atoms with E-state index in [0.29, 0.717) is 18.2 Å². The highest BCUT2D eigenvalue weighted by atomic mass is 32.2. The van der Waals surface area contributed by atoms with Crippen LogP contribution in [-0.4, -0.2) is 48.7 Å². The topological polar surface area (TPSA) is 63.1 Å². The SMILES string of the molecule is CSCC[C@H]1NC(=S)N(Cc2ccccc2Cn2cncn2)C1=O. The summed E-state index contributed by atoms with van der Waals surface area (Å²) in [6.45, 7) is 1.10. The zero-order valence-corrected chi connectivity index (χ0v) is 15.0. The number of hydrogen-bond acceptors (Lipinski definition) is 5. The molecule has 24 heavy (non-hydrogen) atoms. The molecule has 1 aromatic heterocycles. The number of thiocarbonyl (C=S) groups is 1. The first-order chi connectivity index (χ1) is 11.7. The van der Waals surface area contributed by atoms with Crippen molar-refractivity contribution in [1.82, 2.24) is 25.0 Å². The number of hydrogen-bond donors (Lipinski definition) is 1. The minimum Gasteiger partial charge on any atom is -0.350 e. The zero-order chi connectivity index (χ0) is 16.9. The first kappa shape index (κ1) is 16.9. The highest BCUT2D eigenvalue weighted by molar-refractivity contribution is 7.98. The molecule has 1 saturated heterocycles. The summed E-state index contributed by atoms with van der Waals surface area (Å²) in [7, 11) is 0. The van der Waals surface area contributed by atoms with E-state index in [1.807, 2.05) is 30.5 Å². The molecule has 2 aromatic rings. The van der Waals surface area contributed by atoms with Gasteiger partial charge in [-0.05, 0) is 41.8 Å². The lowest BCUT2D eigenvalue weighted by atomic mass is 10.1. The molecule has 0 unspecified atom stereocenters. The van der Waals surface area contributed by atoms with Gasteiger partial charge in [0.15, 0.2) is 5.11 Å². The molecule has 1 amide bonds. The van der Waals surface area contributed by atoms with Crippen LogP contribution in [0.3, 0.4) is 0 Å². The van der Waals surface area contributed by atoms with E-state index < -0.39 is 0 Å². The molecule has 3 rings (SSSR count). The van der Waals surface area contributed by atoms with Crippen LogP contribution in [0.1, 0.15) is 17.5 Å². The fourth-order valence-corrected chi connectivity index (χ4v) is 3.45. The van der Waals surface area contributed by atoms with Crippen LogP contribution in [-0.2, 0) is 17.9 Å². The molecule has 1 aliphatic heterocycles. The number of aromatic nitrogens is 3. The van der Waals surface area contributed by atoms with Crippen molar-refractivity contribution in [2.75, 3.05) is 12.0 Å². The number of benzene rings is 1. The molecule has 6 nitrogen and oxygen atoms in total. The van der Waals surface area contributed by atoms with Crippen LogP contribution in [0.2, 0.25) is 0 Å². The Hall–Kier alpha value is -1.93. The lowest BCUT2D eigenvalue weighted by molar-refractivity contribution is -0.127. The Labute approximate surface area is 150 Å². The number of nitrogens with zero attached hydrogens (tertiary/aromatic N) is 4. The van der Waals surface area contributed by atoms with E-state index in [4.69, 9.17) is 12.2 Å². The molecule has 0 saturated carbocycles. The van der Waals surface area contributed by atoms with Crippen molar-refractivity contribution in [3.8, 4) is 0 Å². The van der Waals surface area contributed by atoms with E-state index in [-0.39, 0.29) is 11.9 Å². The number of nitrogens with one attached hydrogen (secondary N) is 1. The first-order valence-electron chi connectivity index (χ1n) is 7.69. The van der Waals surface area contributed by atoms with Gasteiger partial charge in [-0.15, -0.1) is 0 Å². The number of carbonyl (C=O) groups is 1. The summed E-state index contributed by atoms with van der Waals surface area (Å²) >= 11 is 7.09. The summed E-state index contributed by atoms with van der Waals surface area (Å²) in [5.74, 6) is 0.993. The van der Waals surface area contributed by atoms with Gasteiger partial charge in [0.25, 0.3) is 5.91 Å². The smallest absolute Gasteiger partial charge is 0.251 e. The average molecular weight is 361 g/mol. The Bertz CT molecular complexity index is 719. The normalized spacial score (nSPS) is 17.4. The molecular weight excluding hydrogens is 342 g/mol. The molecule has 1 aromatic carbocycles. The summed E-state index contributed by atoms with van der Waals surface area (Å²) in [5.41, 5.74) is 2.17. The van der Waals surface area contributed by atoms with E-state index in [9.17, 15) is 4.79 Å². The maximum absolute atomic E-state index is 12.6. The van der Waals surface area contributed by atoms with E-state index in [1.165, 1.54) is 6.33 Å². The van der Waals surface area contributed by atoms with Crippen LogP contribution in [0.5, 0.6) is 0 Å². The number of carbonyl (C=O) groups excluding carboxylic acids is 1. The van der Waals surface area contributed by atoms with Gasteiger partial charge in [-0.25, -0.2) is 9.67 Å². The molecule has 8 heteroatoms. The van der Waals surface area contributed by atoms with Gasteiger partial charge in [0, 0.05) is 0 Å².